The molecule has 3 aromatic carbocycles. The van der Waals surface area contributed by atoms with E-state index >= 15 is 0 Å². The van der Waals surface area contributed by atoms with E-state index in [9.17, 15) is 18.4 Å². The highest BCUT2D eigenvalue weighted by atomic mass is 32.2. The second kappa shape index (κ2) is 8.05. The van der Waals surface area contributed by atoms with Crippen molar-refractivity contribution in [3.05, 3.63) is 95.6 Å². The molecule has 1 fully saturated rings. The van der Waals surface area contributed by atoms with Crippen LogP contribution in [-0.2, 0) is 4.79 Å². The highest BCUT2D eigenvalue weighted by Crippen LogP contribution is 2.42. The smallest absolute Gasteiger partial charge is 0.255 e. The van der Waals surface area contributed by atoms with Crippen LogP contribution < -0.4 is 10.2 Å². The largest absolute Gasteiger partial charge is 0.322 e. The fourth-order valence-electron chi connectivity index (χ4n) is 3.14. The Kier molecular flexibility index (Phi) is 5.31. The molecular formula is C22H16F2N2O2S. The van der Waals surface area contributed by atoms with E-state index in [0.29, 0.717) is 17.1 Å². The Bertz CT molecular complexity index is 1070. The molecule has 1 atom stereocenters. The number of rotatable bonds is 4. The second-order valence-corrected chi connectivity index (χ2v) is 7.56. The molecule has 2 amide bonds. The van der Waals surface area contributed by atoms with Crippen LogP contribution in [0.3, 0.4) is 0 Å². The van der Waals surface area contributed by atoms with Crippen LogP contribution in [0.1, 0.15) is 21.3 Å². The van der Waals surface area contributed by atoms with Gasteiger partial charge in [-0.2, -0.15) is 0 Å². The number of carbonyl (C=O) groups is 2. The Morgan fingerprint density at radius 3 is 2.34 bits per heavy atom. The number of hydrogen-bond donors (Lipinski definition) is 1. The minimum absolute atomic E-state index is 0.0888. The summed E-state index contributed by atoms with van der Waals surface area (Å²) in [5.74, 6) is -1.08. The summed E-state index contributed by atoms with van der Waals surface area (Å²) in [6, 6.07) is 18.5. The van der Waals surface area contributed by atoms with Crippen molar-refractivity contribution < 1.29 is 18.4 Å². The zero-order chi connectivity index (χ0) is 20.4. The van der Waals surface area contributed by atoms with Gasteiger partial charge in [-0.25, -0.2) is 8.78 Å². The summed E-state index contributed by atoms with van der Waals surface area (Å²) in [6.07, 6.45) is 0. The van der Waals surface area contributed by atoms with Crippen LogP contribution >= 0.6 is 11.8 Å². The zero-order valence-corrected chi connectivity index (χ0v) is 16.0. The molecule has 0 bridgehead atoms. The Balaban J connectivity index is 1.52. The van der Waals surface area contributed by atoms with Crippen LogP contribution in [0, 0.1) is 11.6 Å². The first-order valence-corrected chi connectivity index (χ1v) is 9.92. The van der Waals surface area contributed by atoms with Gasteiger partial charge in [-0.15, -0.1) is 11.8 Å². The van der Waals surface area contributed by atoms with Crippen molar-refractivity contribution in [3.63, 3.8) is 0 Å². The maximum Gasteiger partial charge on any atom is 0.255 e. The fourth-order valence-corrected chi connectivity index (χ4v) is 4.32. The molecule has 4 rings (SSSR count). The molecular weight excluding hydrogens is 394 g/mol. The quantitative estimate of drug-likeness (QED) is 0.659. The molecule has 0 radical (unpaired) electrons. The molecule has 1 aliphatic rings. The lowest BCUT2D eigenvalue weighted by Gasteiger charge is -2.24. The van der Waals surface area contributed by atoms with Gasteiger partial charge in [0, 0.05) is 16.9 Å². The molecule has 0 spiro atoms. The maximum absolute atomic E-state index is 13.6. The summed E-state index contributed by atoms with van der Waals surface area (Å²) < 4.78 is 26.9. The predicted octanol–water partition coefficient (Wildman–Crippen LogP) is 5.00. The maximum atomic E-state index is 13.6. The molecule has 3 aromatic rings. The lowest BCUT2D eigenvalue weighted by molar-refractivity contribution is -0.115. The molecule has 29 heavy (non-hydrogen) atoms. The van der Waals surface area contributed by atoms with Gasteiger partial charge in [0.05, 0.1) is 5.75 Å². The number of amides is 2. The van der Waals surface area contributed by atoms with E-state index in [4.69, 9.17) is 0 Å². The molecule has 4 nitrogen and oxygen atoms in total. The van der Waals surface area contributed by atoms with Gasteiger partial charge in [0.2, 0.25) is 5.91 Å². The Labute approximate surface area is 170 Å². The standard InChI is InChI=1S/C22H16F2N2O2S/c23-16-4-1-3-15(11-16)21(28)25-18-9-7-14(8-10-18)22-26(20(27)13-29-22)19-6-2-5-17(24)12-19/h1-12,22H,13H2,(H,25,28). The summed E-state index contributed by atoms with van der Waals surface area (Å²) in [5, 5.41) is 2.44. The van der Waals surface area contributed by atoms with E-state index in [2.05, 4.69) is 5.32 Å². The zero-order valence-electron chi connectivity index (χ0n) is 15.1. The van der Waals surface area contributed by atoms with Gasteiger partial charge in [-0.05, 0) is 54.1 Å². The SMILES string of the molecule is O=C(Nc1ccc(C2SCC(=O)N2c2cccc(F)c2)cc1)c1cccc(F)c1. The first kappa shape index (κ1) is 19.1. The number of hydrogen-bond acceptors (Lipinski definition) is 3. The molecule has 1 unspecified atom stereocenters. The van der Waals surface area contributed by atoms with Crippen LogP contribution in [0.25, 0.3) is 0 Å². The van der Waals surface area contributed by atoms with Crippen LogP contribution in [0.5, 0.6) is 0 Å². The molecule has 146 valence electrons. The van der Waals surface area contributed by atoms with E-state index < -0.39 is 17.5 Å². The fraction of sp³-hybridized carbons (Fsp3) is 0.0909. The van der Waals surface area contributed by atoms with E-state index in [1.54, 1.807) is 29.2 Å². The van der Waals surface area contributed by atoms with Crippen molar-refractivity contribution in [3.8, 4) is 0 Å². The Morgan fingerprint density at radius 2 is 1.66 bits per heavy atom. The minimum Gasteiger partial charge on any atom is -0.322 e. The molecule has 0 saturated carbocycles. The number of anilines is 2. The van der Waals surface area contributed by atoms with E-state index in [0.717, 1.165) is 5.56 Å². The molecule has 7 heteroatoms. The van der Waals surface area contributed by atoms with Crippen LogP contribution in [0.4, 0.5) is 20.2 Å². The molecule has 1 saturated heterocycles. The number of carbonyl (C=O) groups excluding carboxylic acids is 2. The average Bonchev–Trinajstić information content (AvgIpc) is 3.10. The van der Waals surface area contributed by atoms with E-state index in [1.165, 1.54) is 48.2 Å². The summed E-state index contributed by atoms with van der Waals surface area (Å²) in [5.41, 5.74) is 2.14. The lowest BCUT2D eigenvalue weighted by atomic mass is 10.1. The summed E-state index contributed by atoms with van der Waals surface area (Å²) in [4.78, 5) is 26.2. The molecule has 1 heterocycles. The first-order valence-electron chi connectivity index (χ1n) is 8.87. The summed E-state index contributed by atoms with van der Waals surface area (Å²) in [6.45, 7) is 0. The minimum atomic E-state index is -0.478. The highest BCUT2D eigenvalue weighted by molar-refractivity contribution is 8.00. The Morgan fingerprint density at radius 1 is 0.966 bits per heavy atom. The van der Waals surface area contributed by atoms with Crippen LogP contribution in [0.2, 0.25) is 0 Å². The van der Waals surface area contributed by atoms with Gasteiger partial charge in [0.25, 0.3) is 5.91 Å². The third kappa shape index (κ3) is 4.14. The van der Waals surface area contributed by atoms with Crippen molar-refractivity contribution in [2.45, 2.75) is 5.37 Å². The summed E-state index contributed by atoms with van der Waals surface area (Å²) >= 11 is 1.46. The van der Waals surface area contributed by atoms with Gasteiger partial charge in [0.1, 0.15) is 17.0 Å². The van der Waals surface area contributed by atoms with Crippen molar-refractivity contribution >= 4 is 35.0 Å². The second-order valence-electron chi connectivity index (χ2n) is 6.49. The molecule has 1 aliphatic heterocycles. The first-order chi connectivity index (χ1) is 14.0. The van der Waals surface area contributed by atoms with E-state index in [1.807, 2.05) is 12.1 Å². The molecule has 0 aliphatic carbocycles. The lowest BCUT2D eigenvalue weighted by Crippen LogP contribution is -2.27. The Hall–Kier alpha value is -3.19. The normalized spacial score (nSPS) is 16.1. The predicted molar refractivity (Wildman–Crippen MR) is 110 cm³/mol. The monoisotopic (exact) mass is 410 g/mol. The molecule has 1 N–H and O–H groups in total. The van der Waals surface area contributed by atoms with Gasteiger partial charge >= 0.3 is 0 Å². The van der Waals surface area contributed by atoms with Crippen LogP contribution in [0.15, 0.2) is 72.8 Å². The third-order valence-electron chi connectivity index (χ3n) is 4.49. The van der Waals surface area contributed by atoms with Gasteiger partial charge < -0.3 is 5.32 Å². The number of halogens is 2. The average molecular weight is 410 g/mol. The van der Waals surface area contributed by atoms with Gasteiger partial charge in [0.15, 0.2) is 0 Å². The highest BCUT2D eigenvalue weighted by Gasteiger charge is 2.34. The number of nitrogens with zero attached hydrogens (tertiary/aromatic N) is 1. The van der Waals surface area contributed by atoms with Crippen LogP contribution in [-0.4, -0.2) is 17.6 Å². The number of benzene rings is 3. The van der Waals surface area contributed by atoms with Crippen molar-refractivity contribution in [2.75, 3.05) is 16.0 Å². The molecule has 0 aromatic heterocycles. The number of thioether (sulfide) groups is 1. The van der Waals surface area contributed by atoms with Crippen molar-refractivity contribution in [2.24, 2.45) is 0 Å². The van der Waals surface area contributed by atoms with Crippen molar-refractivity contribution in [1.82, 2.24) is 0 Å². The summed E-state index contributed by atoms with van der Waals surface area (Å²) in [7, 11) is 0. The number of nitrogens with one attached hydrogen (secondary N) is 1. The van der Waals surface area contributed by atoms with Gasteiger partial charge in [-0.1, -0.05) is 24.3 Å². The van der Waals surface area contributed by atoms with E-state index in [-0.39, 0.29) is 16.8 Å². The van der Waals surface area contributed by atoms with Gasteiger partial charge in [-0.3, -0.25) is 14.5 Å². The topological polar surface area (TPSA) is 49.4 Å². The van der Waals surface area contributed by atoms with Crippen molar-refractivity contribution in [1.29, 1.82) is 0 Å². The third-order valence-corrected chi connectivity index (χ3v) is 5.71.